The van der Waals surface area contributed by atoms with Crippen molar-refractivity contribution in [2.24, 2.45) is 4.99 Å². The largest absolute Gasteiger partial charge is 0.370 e. The monoisotopic (exact) mass is 229 g/mol. The highest BCUT2D eigenvalue weighted by Crippen LogP contribution is 2.27. The molecule has 1 aromatic carbocycles. The molecule has 1 fully saturated rings. The maximum Gasteiger partial charge on any atom is 0.207 e. The summed E-state index contributed by atoms with van der Waals surface area (Å²) >= 11 is 0. The zero-order chi connectivity index (χ0) is 12.1. The number of nitrogens with zero attached hydrogens (tertiary/aromatic N) is 3. The Labute approximate surface area is 101 Å². The predicted octanol–water partition coefficient (Wildman–Crippen LogP) is 1.96. The molecule has 2 rings (SSSR count). The van der Waals surface area contributed by atoms with Crippen molar-refractivity contribution >= 4 is 6.34 Å². The SMILES string of the molecule is C[C@H]1[C@H](c2ccccc2)OCCN1C=NC#N. The summed E-state index contributed by atoms with van der Waals surface area (Å²) < 4.78 is 5.80. The molecule has 0 bridgehead atoms. The highest BCUT2D eigenvalue weighted by Gasteiger charge is 2.28. The molecule has 0 saturated carbocycles. The molecule has 1 aliphatic heterocycles. The molecule has 4 nitrogen and oxygen atoms in total. The number of nitriles is 1. The first-order valence-electron chi connectivity index (χ1n) is 5.67. The Morgan fingerprint density at radius 2 is 2.24 bits per heavy atom. The van der Waals surface area contributed by atoms with Crippen molar-refractivity contribution in [2.75, 3.05) is 13.2 Å². The van der Waals surface area contributed by atoms with Gasteiger partial charge in [-0.05, 0) is 12.5 Å². The molecular formula is C13H15N3O. The van der Waals surface area contributed by atoms with Crippen LogP contribution in [0, 0.1) is 11.5 Å². The van der Waals surface area contributed by atoms with Crippen molar-refractivity contribution in [1.29, 1.82) is 5.26 Å². The van der Waals surface area contributed by atoms with E-state index in [1.807, 2.05) is 23.1 Å². The van der Waals surface area contributed by atoms with Gasteiger partial charge in [-0.25, -0.2) is 0 Å². The Morgan fingerprint density at radius 3 is 2.94 bits per heavy atom. The third-order valence-corrected chi connectivity index (χ3v) is 3.00. The Kier molecular flexibility index (Phi) is 3.73. The fourth-order valence-electron chi connectivity index (χ4n) is 2.08. The number of hydrogen-bond donors (Lipinski definition) is 0. The number of rotatable bonds is 2. The molecule has 1 saturated heterocycles. The highest BCUT2D eigenvalue weighted by atomic mass is 16.5. The van der Waals surface area contributed by atoms with Crippen LogP contribution in [0.3, 0.4) is 0 Å². The van der Waals surface area contributed by atoms with Crippen LogP contribution in [0.4, 0.5) is 0 Å². The second-order valence-corrected chi connectivity index (χ2v) is 4.03. The van der Waals surface area contributed by atoms with Gasteiger partial charge < -0.3 is 9.64 Å². The van der Waals surface area contributed by atoms with Crippen LogP contribution in [0.5, 0.6) is 0 Å². The molecular weight excluding hydrogens is 214 g/mol. The normalized spacial score (nSPS) is 24.8. The van der Waals surface area contributed by atoms with E-state index in [9.17, 15) is 0 Å². The number of ether oxygens (including phenoxy) is 1. The van der Waals surface area contributed by atoms with Crippen molar-refractivity contribution in [3.05, 3.63) is 35.9 Å². The first-order valence-corrected chi connectivity index (χ1v) is 5.67. The topological polar surface area (TPSA) is 48.6 Å². The van der Waals surface area contributed by atoms with Crippen LogP contribution < -0.4 is 0 Å². The van der Waals surface area contributed by atoms with Crippen LogP contribution in [-0.2, 0) is 4.74 Å². The van der Waals surface area contributed by atoms with Crippen molar-refractivity contribution in [2.45, 2.75) is 19.1 Å². The maximum absolute atomic E-state index is 8.46. The van der Waals surface area contributed by atoms with Crippen LogP contribution in [0.2, 0.25) is 0 Å². The van der Waals surface area contributed by atoms with Gasteiger partial charge in [0.25, 0.3) is 0 Å². The smallest absolute Gasteiger partial charge is 0.207 e. The summed E-state index contributed by atoms with van der Waals surface area (Å²) in [4.78, 5) is 5.67. The molecule has 17 heavy (non-hydrogen) atoms. The second kappa shape index (κ2) is 5.46. The minimum Gasteiger partial charge on any atom is -0.370 e. The molecule has 0 aromatic heterocycles. The first-order chi connectivity index (χ1) is 8.33. The molecule has 4 heteroatoms. The van der Waals surface area contributed by atoms with E-state index in [-0.39, 0.29) is 12.1 Å². The standard InChI is InChI=1S/C13H15N3O/c1-11-13(12-5-3-2-4-6-12)17-8-7-16(11)10-15-9-14/h2-6,10-11,13H,7-8H2,1H3/t11-,13+/m0/s1. The zero-order valence-corrected chi connectivity index (χ0v) is 9.78. The lowest BCUT2D eigenvalue weighted by Crippen LogP contribution is -2.44. The van der Waals surface area contributed by atoms with Gasteiger partial charge in [0.15, 0.2) is 0 Å². The lowest BCUT2D eigenvalue weighted by atomic mass is 10.0. The van der Waals surface area contributed by atoms with Crippen molar-refractivity contribution < 1.29 is 4.74 Å². The van der Waals surface area contributed by atoms with Gasteiger partial charge in [0.2, 0.25) is 6.19 Å². The molecule has 0 spiro atoms. The van der Waals surface area contributed by atoms with E-state index in [1.54, 1.807) is 12.5 Å². The van der Waals surface area contributed by atoms with Crippen molar-refractivity contribution in [3.8, 4) is 6.19 Å². The number of morpholine rings is 1. The summed E-state index contributed by atoms with van der Waals surface area (Å²) in [6, 6.07) is 10.3. The second-order valence-electron chi connectivity index (χ2n) is 4.03. The van der Waals surface area contributed by atoms with E-state index in [2.05, 4.69) is 24.0 Å². The Morgan fingerprint density at radius 1 is 1.47 bits per heavy atom. The Balaban J connectivity index is 2.14. The van der Waals surface area contributed by atoms with Crippen LogP contribution in [0.15, 0.2) is 35.3 Å². The average Bonchev–Trinajstić information content (AvgIpc) is 2.39. The van der Waals surface area contributed by atoms with Crippen LogP contribution in [0.25, 0.3) is 0 Å². The zero-order valence-electron chi connectivity index (χ0n) is 9.78. The van der Waals surface area contributed by atoms with Gasteiger partial charge >= 0.3 is 0 Å². The van der Waals surface area contributed by atoms with Crippen molar-refractivity contribution in [3.63, 3.8) is 0 Å². The molecule has 0 aliphatic carbocycles. The lowest BCUT2D eigenvalue weighted by molar-refractivity contribution is -0.0395. The third-order valence-electron chi connectivity index (χ3n) is 3.00. The Hall–Kier alpha value is -1.86. The lowest BCUT2D eigenvalue weighted by Gasteiger charge is -2.38. The predicted molar refractivity (Wildman–Crippen MR) is 65.4 cm³/mol. The number of benzene rings is 1. The van der Waals surface area contributed by atoms with Gasteiger partial charge in [-0.2, -0.15) is 10.3 Å². The van der Waals surface area contributed by atoms with Gasteiger partial charge in [0.05, 0.1) is 12.6 Å². The summed E-state index contributed by atoms with van der Waals surface area (Å²) in [6.07, 6.45) is 3.41. The summed E-state index contributed by atoms with van der Waals surface area (Å²) in [5.74, 6) is 0. The summed E-state index contributed by atoms with van der Waals surface area (Å²) in [6.45, 7) is 3.51. The van der Waals surface area contributed by atoms with E-state index in [1.165, 1.54) is 0 Å². The molecule has 1 heterocycles. The number of aliphatic imine (C=N–C) groups is 1. The minimum atomic E-state index is 0.0371. The molecule has 88 valence electrons. The van der Waals surface area contributed by atoms with E-state index >= 15 is 0 Å². The Bertz CT molecular complexity index is 424. The van der Waals surface area contributed by atoms with E-state index < -0.39 is 0 Å². The first kappa shape index (κ1) is 11.6. The fourth-order valence-corrected chi connectivity index (χ4v) is 2.08. The molecule has 0 N–H and O–H groups in total. The molecule has 1 aromatic rings. The molecule has 2 atom stereocenters. The molecule has 0 unspecified atom stereocenters. The molecule has 0 amide bonds. The van der Waals surface area contributed by atoms with E-state index in [0.29, 0.717) is 6.61 Å². The quantitative estimate of drug-likeness (QED) is 0.442. The van der Waals surface area contributed by atoms with Gasteiger partial charge in [0, 0.05) is 6.54 Å². The fraction of sp³-hybridized carbons (Fsp3) is 0.385. The van der Waals surface area contributed by atoms with Gasteiger partial charge in [0.1, 0.15) is 12.4 Å². The summed E-state index contributed by atoms with van der Waals surface area (Å²) in [7, 11) is 0. The van der Waals surface area contributed by atoms with E-state index in [4.69, 9.17) is 10.00 Å². The van der Waals surface area contributed by atoms with Crippen LogP contribution in [-0.4, -0.2) is 30.4 Å². The molecule has 0 radical (unpaired) electrons. The number of hydrogen-bond acceptors (Lipinski definition) is 3. The summed E-state index contributed by atoms with van der Waals surface area (Å²) in [5.41, 5.74) is 1.16. The molecule has 1 aliphatic rings. The van der Waals surface area contributed by atoms with Crippen LogP contribution in [0.1, 0.15) is 18.6 Å². The maximum atomic E-state index is 8.46. The summed E-state index contributed by atoms with van der Waals surface area (Å²) in [5, 5.41) is 8.46. The van der Waals surface area contributed by atoms with Gasteiger partial charge in [-0.1, -0.05) is 30.3 Å². The van der Waals surface area contributed by atoms with Crippen LogP contribution >= 0.6 is 0 Å². The van der Waals surface area contributed by atoms with Gasteiger partial charge in [-0.3, -0.25) is 0 Å². The van der Waals surface area contributed by atoms with Gasteiger partial charge in [-0.15, -0.1) is 0 Å². The minimum absolute atomic E-state index is 0.0371. The van der Waals surface area contributed by atoms with Crippen molar-refractivity contribution in [1.82, 2.24) is 4.90 Å². The average molecular weight is 229 g/mol. The highest BCUT2D eigenvalue weighted by molar-refractivity contribution is 5.57. The third kappa shape index (κ3) is 2.63. The van der Waals surface area contributed by atoms with E-state index in [0.717, 1.165) is 12.1 Å².